The second-order valence-electron chi connectivity index (χ2n) is 8.41. The molecule has 1 heterocycles. The maximum Gasteiger partial charge on any atom is 0.262 e. The molecule has 8 heteroatoms. The van der Waals surface area contributed by atoms with E-state index in [1.807, 2.05) is 0 Å². The van der Waals surface area contributed by atoms with Crippen molar-refractivity contribution in [3.63, 3.8) is 0 Å². The van der Waals surface area contributed by atoms with Gasteiger partial charge in [-0.25, -0.2) is 9.40 Å². The third kappa shape index (κ3) is 4.55. The summed E-state index contributed by atoms with van der Waals surface area (Å²) >= 11 is 0. The topological polar surface area (TPSA) is 71.4 Å². The van der Waals surface area contributed by atoms with Gasteiger partial charge in [0.25, 0.3) is 5.91 Å². The zero-order valence-corrected chi connectivity index (χ0v) is 19.1. The summed E-state index contributed by atoms with van der Waals surface area (Å²) in [5.74, 6) is 0.401. The number of likely N-dealkylation sites (N-methyl/N-ethyl adjacent to an activating group) is 1. The van der Waals surface area contributed by atoms with Crippen LogP contribution in [-0.4, -0.2) is 55.2 Å². The highest BCUT2D eigenvalue weighted by molar-refractivity contribution is 6.03. The minimum absolute atomic E-state index is 0.00636. The number of methoxy groups -OCH3 is 2. The maximum atomic E-state index is 14.5. The smallest absolute Gasteiger partial charge is 0.262 e. The van der Waals surface area contributed by atoms with Crippen LogP contribution in [-0.2, 0) is 9.59 Å². The van der Waals surface area contributed by atoms with Gasteiger partial charge < -0.3 is 14.4 Å². The van der Waals surface area contributed by atoms with E-state index in [4.69, 9.17) is 9.47 Å². The molecule has 0 bridgehead atoms. The Bertz CT molecular complexity index is 1080. The summed E-state index contributed by atoms with van der Waals surface area (Å²) in [5, 5.41) is 5.88. The Kier molecular flexibility index (Phi) is 6.62. The van der Waals surface area contributed by atoms with Gasteiger partial charge in [0.1, 0.15) is 23.9 Å². The van der Waals surface area contributed by atoms with Crippen LogP contribution in [0.3, 0.4) is 0 Å². The number of benzene rings is 2. The Morgan fingerprint density at radius 1 is 1.15 bits per heavy atom. The minimum Gasteiger partial charge on any atom is -0.497 e. The van der Waals surface area contributed by atoms with Gasteiger partial charge in [0.05, 0.1) is 26.0 Å². The van der Waals surface area contributed by atoms with Gasteiger partial charge in [-0.2, -0.15) is 5.10 Å². The van der Waals surface area contributed by atoms with E-state index in [1.54, 1.807) is 57.7 Å². The molecular weight excluding hydrogens is 425 g/mol. The van der Waals surface area contributed by atoms with E-state index < -0.39 is 11.9 Å². The van der Waals surface area contributed by atoms with Crippen LogP contribution in [0.15, 0.2) is 47.6 Å². The average molecular weight is 454 g/mol. The number of halogens is 1. The van der Waals surface area contributed by atoms with E-state index in [9.17, 15) is 14.0 Å². The predicted octanol–water partition coefficient (Wildman–Crippen LogP) is 3.78. The predicted molar refractivity (Wildman–Crippen MR) is 122 cm³/mol. The summed E-state index contributed by atoms with van der Waals surface area (Å²) in [4.78, 5) is 27.4. The van der Waals surface area contributed by atoms with Gasteiger partial charge in [0, 0.05) is 30.5 Å². The molecule has 1 unspecified atom stereocenters. The van der Waals surface area contributed by atoms with Gasteiger partial charge in [-0.05, 0) is 37.1 Å². The van der Waals surface area contributed by atoms with Crippen molar-refractivity contribution in [2.45, 2.75) is 31.7 Å². The highest BCUT2D eigenvalue weighted by atomic mass is 19.1. The third-order valence-electron chi connectivity index (χ3n) is 6.35. The van der Waals surface area contributed by atoms with Crippen LogP contribution in [0.5, 0.6) is 11.5 Å². The Morgan fingerprint density at radius 3 is 2.55 bits per heavy atom. The number of hydrazone groups is 1. The van der Waals surface area contributed by atoms with E-state index in [1.165, 1.54) is 16.0 Å². The first-order valence-electron chi connectivity index (χ1n) is 11.0. The molecule has 0 N–H and O–H groups in total. The normalized spacial score (nSPS) is 17.9. The average Bonchev–Trinajstić information content (AvgIpc) is 3.22. The lowest BCUT2D eigenvalue weighted by Gasteiger charge is -2.30. The first-order chi connectivity index (χ1) is 15.9. The molecule has 0 aromatic heterocycles. The van der Waals surface area contributed by atoms with Crippen LogP contribution in [0, 0.1) is 11.7 Å². The number of nitrogens with zero attached hydrogens (tertiary/aromatic N) is 3. The fraction of sp³-hybridized carbons (Fsp3) is 0.400. The molecule has 1 atom stereocenters. The molecule has 0 spiro atoms. The maximum absolute atomic E-state index is 14.5. The standard InChI is InChI=1S/C25H28FN3O4/c1-28(25(31)16-7-6-8-16)15-24(30)29-22(19-13-17(32-2)11-12-23(19)33-3)14-21(27-29)18-9-4-5-10-20(18)26/h4-5,9-13,16,22H,6-8,14-15H2,1-3H3. The van der Waals surface area contributed by atoms with Crippen LogP contribution < -0.4 is 9.47 Å². The summed E-state index contributed by atoms with van der Waals surface area (Å²) in [6, 6.07) is 11.2. The molecule has 4 rings (SSSR count). The zero-order valence-electron chi connectivity index (χ0n) is 19.1. The number of hydrogen-bond acceptors (Lipinski definition) is 5. The Balaban J connectivity index is 1.67. The van der Waals surface area contributed by atoms with Gasteiger partial charge in [-0.3, -0.25) is 9.59 Å². The summed E-state index contributed by atoms with van der Waals surface area (Å²) in [6.07, 6.45) is 3.06. The van der Waals surface area contributed by atoms with Crippen molar-refractivity contribution in [3.05, 3.63) is 59.4 Å². The largest absolute Gasteiger partial charge is 0.497 e. The molecular formula is C25H28FN3O4. The van der Waals surface area contributed by atoms with Crippen molar-refractivity contribution < 1.29 is 23.5 Å². The molecule has 2 aromatic rings. The van der Waals surface area contributed by atoms with Crippen LogP contribution in [0.25, 0.3) is 0 Å². The number of ether oxygens (including phenoxy) is 2. The fourth-order valence-electron chi connectivity index (χ4n) is 4.26. The molecule has 1 aliphatic carbocycles. The quantitative estimate of drug-likeness (QED) is 0.640. The number of hydrogen-bond donors (Lipinski definition) is 0. The van der Waals surface area contributed by atoms with Crippen molar-refractivity contribution in [3.8, 4) is 11.5 Å². The number of amides is 2. The lowest BCUT2D eigenvalue weighted by Crippen LogP contribution is -2.42. The monoisotopic (exact) mass is 453 g/mol. The van der Waals surface area contributed by atoms with E-state index in [0.717, 1.165) is 19.3 Å². The summed E-state index contributed by atoms with van der Waals surface area (Å²) < 4.78 is 25.4. The van der Waals surface area contributed by atoms with Crippen molar-refractivity contribution in [1.82, 2.24) is 9.91 Å². The molecule has 0 radical (unpaired) electrons. The fourth-order valence-corrected chi connectivity index (χ4v) is 4.26. The lowest BCUT2D eigenvalue weighted by atomic mass is 9.84. The van der Waals surface area contributed by atoms with Crippen LogP contribution in [0.1, 0.15) is 42.9 Å². The molecule has 0 saturated heterocycles. The second-order valence-corrected chi connectivity index (χ2v) is 8.41. The van der Waals surface area contributed by atoms with Crippen molar-refractivity contribution in [1.29, 1.82) is 0 Å². The van der Waals surface area contributed by atoms with Crippen LogP contribution in [0.4, 0.5) is 4.39 Å². The molecule has 1 fully saturated rings. The molecule has 2 aliphatic rings. The number of carbonyl (C=O) groups is 2. The Hall–Kier alpha value is -3.42. The molecule has 1 saturated carbocycles. The molecule has 2 aromatic carbocycles. The number of rotatable bonds is 7. The zero-order chi connectivity index (χ0) is 23.5. The van der Waals surface area contributed by atoms with E-state index in [0.29, 0.717) is 34.8 Å². The Labute approximate surface area is 192 Å². The molecule has 1 aliphatic heterocycles. The summed E-state index contributed by atoms with van der Waals surface area (Å²) in [5.41, 5.74) is 1.51. The van der Waals surface area contributed by atoms with Gasteiger partial charge in [-0.1, -0.05) is 24.6 Å². The highest BCUT2D eigenvalue weighted by Gasteiger charge is 2.37. The van der Waals surface area contributed by atoms with E-state index >= 15 is 0 Å². The van der Waals surface area contributed by atoms with Gasteiger partial charge in [0.2, 0.25) is 5.91 Å². The number of carbonyl (C=O) groups excluding carboxylic acids is 2. The molecule has 7 nitrogen and oxygen atoms in total. The lowest BCUT2D eigenvalue weighted by molar-refractivity contribution is -0.144. The summed E-state index contributed by atoms with van der Waals surface area (Å²) in [6.45, 7) is -0.105. The van der Waals surface area contributed by atoms with Crippen LogP contribution >= 0.6 is 0 Å². The highest BCUT2D eigenvalue weighted by Crippen LogP contribution is 2.39. The first-order valence-corrected chi connectivity index (χ1v) is 11.0. The summed E-state index contributed by atoms with van der Waals surface area (Å²) in [7, 11) is 4.75. The van der Waals surface area contributed by atoms with Crippen molar-refractivity contribution in [2.24, 2.45) is 11.0 Å². The van der Waals surface area contributed by atoms with Crippen molar-refractivity contribution >= 4 is 17.5 Å². The molecule has 174 valence electrons. The van der Waals surface area contributed by atoms with Gasteiger partial charge in [0.15, 0.2) is 0 Å². The van der Waals surface area contributed by atoms with Crippen molar-refractivity contribution in [2.75, 3.05) is 27.8 Å². The van der Waals surface area contributed by atoms with Crippen LogP contribution in [0.2, 0.25) is 0 Å². The van der Waals surface area contributed by atoms with Gasteiger partial charge >= 0.3 is 0 Å². The molecule has 2 amide bonds. The van der Waals surface area contributed by atoms with E-state index in [2.05, 4.69) is 5.10 Å². The minimum atomic E-state index is -0.524. The second kappa shape index (κ2) is 9.60. The SMILES string of the molecule is COc1ccc(OC)c(C2CC(c3ccccc3F)=NN2C(=O)CN(C)C(=O)C2CCC2)c1. The van der Waals surface area contributed by atoms with Gasteiger partial charge in [-0.15, -0.1) is 0 Å². The third-order valence-corrected chi connectivity index (χ3v) is 6.35. The Morgan fingerprint density at radius 2 is 1.91 bits per heavy atom. The first kappa shape index (κ1) is 22.8. The van der Waals surface area contributed by atoms with E-state index in [-0.39, 0.29) is 24.3 Å². The molecule has 33 heavy (non-hydrogen) atoms.